The van der Waals surface area contributed by atoms with E-state index in [4.69, 9.17) is 28.4 Å². The molecule has 12 nitrogen and oxygen atoms in total. The average Bonchev–Trinajstić information content (AvgIpc) is 3.56. The Labute approximate surface area is 205 Å². The van der Waals surface area contributed by atoms with Crippen molar-refractivity contribution in [3.05, 3.63) is 48.5 Å². The van der Waals surface area contributed by atoms with E-state index in [1.807, 2.05) is 0 Å². The minimum atomic E-state index is -0.286. The predicted molar refractivity (Wildman–Crippen MR) is 126 cm³/mol. The third-order valence-electron chi connectivity index (χ3n) is 5.27. The molecule has 0 aliphatic carbocycles. The van der Waals surface area contributed by atoms with Gasteiger partial charge >= 0.3 is 0 Å². The van der Waals surface area contributed by atoms with E-state index in [9.17, 15) is 4.79 Å². The zero-order valence-electron chi connectivity index (χ0n) is 19.6. The lowest BCUT2D eigenvalue weighted by atomic mass is 10.2. The van der Waals surface area contributed by atoms with Gasteiger partial charge in [-0.05, 0) is 36.4 Å². The number of benzene rings is 2. The number of amides is 1. The van der Waals surface area contributed by atoms with Crippen LogP contribution in [0, 0.1) is 0 Å². The van der Waals surface area contributed by atoms with Crippen molar-refractivity contribution in [3.8, 4) is 46.0 Å². The van der Waals surface area contributed by atoms with Gasteiger partial charge in [0.15, 0.2) is 29.6 Å². The number of ether oxygens (including phenoxy) is 6. The molecule has 0 saturated heterocycles. The van der Waals surface area contributed by atoms with E-state index in [0.717, 1.165) is 0 Å². The summed E-state index contributed by atoms with van der Waals surface area (Å²) in [5, 5.41) is 15.6. The molecule has 0 fully saturated rings. The van der Waals surface area contributed by atoms with Crippen LogP contribution in [0.2, 0.25) is 0 Å². The van der Waals surface area contributed by atoms with Gasteiger partial charge in [-0.1, -0.05) is 0 Å². The first kappa shape index (κ1) is 23.0. The fraction of sp³-hybridized carbons (Fsp3) is 0.250. The van der Waals surface area contributed by atoms with Gasteiger partial charge in [-0.2, -0.15) is 4.52 Å². The van der Waals surface area contributed by atoms with Crippen LogP contribution in [0.15, 0.2) is 48.5 Å². The summed E-state index contributed by atoms with van der Waals surface area (Å²) in [6.45, 7) is 0.501. The van der Waals surface area contributed by atoms with E-state index in [1.54, 1.807) is 67.3 Å². The average molecular weight is 493 g/mol. The second-order valence-electron chi connectivity index (χ2n) is 7.53. The molecular formula is C24H23N5O7. The predicted octanol–water partition coefficient (Wildman–Crippen LogP) is 2.11. The summed E-state index contributed by atoms with van der Waals surface area (Å²) in [5.74, 6) is 3.53. The van der Waals surface area contributed by atoms with Gasteiger partial charge in [0.05, 0.1) is 26.3 Å². The molecule has 2 aromatic heterocycles. The summed E-state index contributed by atoms with van der Waals surface area (Å²) in [6, 6.07) is 13.9. The molecule has 0 bridgehead atoms. The van der Waals surface area contributed by atoms with Crippen molar-refractivity contribution < 1.29 is 33.2 Å². The Balaban J connectivity index is 1.16. The fourth-order valence-corrected chi connectivity index (χ4v) is 3.52. The van der Waals surface area contributed by atoms with E-state index >= 15 is 0 Å². The number of hydrogen-bond donors (Lipinski definition) is 1. The number of aromatic nitrogens is 4. The van der Waals surface area contributed by atoms with Crippen molar-refractivity contribution in [1.82, 2.24) is 25.1 Å². The molecule has 2 aromatic carbocycles. The van der Waals surface area contributed by atoms with Gasteiger partial charge in [0, 0.05) is 12.1 Å². The molecule has 0 radical (unpaired) electrons. The second kappa shape index (κ2) is 10.3. The van der Waals surface area contributed by atoms with Crippen LogP contribution in [0.5, 0.6) is 34.6 Å². The fourth-order valence-electron chi connectivity index (χ4n) is 3.52. The molecule has 186 valence electrons. The lowest BCUT2D eigenvalue weighted by molar-refractivity contribution is -0.123. The molecule has 0 spiro atoms. The maximum atomic E-state index is 12.1. The van der Waals surface area contributed by atoms with Gasteiger partial charge in [0.1, 0.15) is 23.9 Å². The number of carbonyl (C=O) groups is 1. The number of rotatable bonds is 10. The Morgan fingerprint density at radius 3 is 2.69 bits per heavy atom. The Morgan fingerprint density at radius 2 is 1.83 bits per heavy atom. The quantitative estimate of drug-likeness (QED) is 0.328. The smallest absolute Gasteiger partial charge is 0.258 e. The van der Waals surface area contributed by atoms with Gasteiger partial charge in [0.2, 0.25) is 12.7 Å². The van der Waals surface area contributed by atoms with Gasteiger partial charge < -0.3 is 33.7 Å². The molecule has 12 heteroatoms. The van der Waals surface area contributed by atoms with E-state index in [-0.39, 0.29) is 32.5 Å². The summed E-state index contributed by atoms with van der Waals surface area (Å²) in [4.78, 5) is 12.1. The molecule has 0 saturated carbocycles. The summed E-state index contributed by atoms with van der Waals surface area (Å²) in [6.07, 6.45) is 0. The van der Waals surface area contributed by atoms with Crippen LogP contribution >= 0.6 is 0 Å². The van der Waals surface area contributed by atoms with Gasteiger partial charge in [0.25, 0.3) is 5.91 Å². The van der Waals surface area contributed by atoms with Crippen LogP contribution in [-0.2, 0) is 4.79 Å². The van der Waals surface area contributed by atoms with Gasteiger partial charge in [-0.3, -0.25) is 4.79 Å². The van der Waals surface area contributed by atoms with Crippen molar-refractivity contribution in [2.75, 3.05) is 40.8 Å². The molecule has 36 heavy (non-hydrogen) atoms. The third-order valence-corrected chi connectivity index (χ3v) is 5.27. The Morgan fingerprint density at radius 1 is 0.972 bits per heavy atom. The highest BCUT2D eigenvalue weighted by Gasteiger charge is 2.17. The monoisotopic (exact) mass is 493 g/mol. The minimum Gasteiger partial charge on any atom is -0.497 e. The molecule has 4 aromatic rings. The minimum absolute atomic E-state index is 0.143. The standard InChI is InChI=1S/C24H23N5O7/c1-31-15-3-5-18(32-2)17(11-15)24-27-26-21-7-8-23(28-29(21)24)33-10-9-25-22(30)13-34-16-4-6-19-20(12-16)36-14-35-19/h3-8,11-12H,9-10,13-14H2,1-2H3,(H,25,30). The van der Waals surface area contributed by atoms with Crippen LogP contribution in [0.25, 0.3) is 17.0 Å². The topological polar surface area (TPSA) is 128 Å². The van der Waals surface area contributed by atoms with Crippen LogP contribution in [0.3, 0.4) is 0 Å². The van der Waals surface area contributed by atoms with Gasteiger partial charge in [-0.15, -0.1) is 15.3 Å². The summed E-state index contributed by atoms with van der Waals surface area (Å²) < 4.78 is 34.1. The molecule has 1 amide bonds. The maximum Gasteiger partial charge on any atom is 0.258 e. The molecule has 1 aliphatic rings. The van der Waals surface area contributed by atoms with Crippen LogP contribution in [0.1, 0.15) is 0 Å². The Kier molecular flexibility index (Phi) is 6.56. The maximum absolute atomic E-state index is 12.1. The lowest BCUT2D eigenvalue weighted by Crippen LogP contribution is -2.32. The Bertz CT molecular complexity index is 1390. The highest BCUT2D eigenvalue weighted by atomic mass is 16.7. The first-order chi connectivity index (χ1) is 17.6. The van der Waals surface area contributed by atoms with Crippen LogP contribution in [0.4, 0.5) is 0 Å². The molecular weight excluding hydrogens is 470 g/mol. The van der Waals surface area contributed by atoms with E-state index in [2.05, 4.69) is 20.6 Å². The van der Waals surface area contributed by atoms with Crippen molar-refractivity contribution in [1.29, 1.82) is 0 Å². The van der Waals surface area contributed by atoms with Crippen molar-refractivity contribution in [3.63, 3.8) is 0 Å². The summed E-state index contributed by atoms with van der Waals surface area (Å²) >= 11 is 0. The zero-order valence-corrected chi connectivity index (χ0v) is 19.6. The van der Waals surface area contributed by atoms with E-state index < -0.39 is 0 Å². The SMILES string of the molecule is COc1ccc(OC)c(-c2nnc3ccc(OCCNC(=O)COc4ccc5c(c4)OCO5)nn23)c1. The van der Waals surface area contributed by atoms with Gasteiger partial charge in [-0.25, -0.2) is 0 Å². The Hall–Kier alpha value is -4.74. The summed E-state index contributed by atoms with van der Waals surface area (Å²) in [5.41, 5.74) is 1.21. The van der Waals surface area contributed by atoms with Crippen LogP contribution in [-0.4, -0.2) is 66.5 Å². The van der Waals surface area contributed by atoms with E-state index in [1.165, 1.54) is 0 Å². The van der Waals surface area contributed by atoms with Crippen molar-refractivity contribution in [2.45, 2.75) is 0 Å². The second-order valence-corrected chi connectivity index (χ2v) is 7.53. The number of fused-ring (bicyclic) bond motifs is 2. The highest BCUT2D eigenvalue weighted by Crippen LogP contribution is 2.35. The lowest BCUT2D eigenvalue weighted by Gasteiger charge is -2.10. The first-order valence-electron chi connectivity index (χ1n) is 11.0. The van der Waals surface area contributed by atoms with Crippen molar-refractivity contribution in [2.24, 2.45) is 0 Å². The third kappa shape index (κ3) is 4.87. The number of nitrogens with zero attached hydrogens (tertiary/aromatic N) is 4. The molecule has 1 aliphatic heterocycles. The highest BCUT2D eigenvalue weighted by molar-refractivity contribution is 5.77. The molecule has 5 rings (SSSR count). The normalized spacial score (nSPS) is 11.8. The zero-order chi connectivity index (χ0) is 24.9. The van der Waals surface area contributed by atoms with Crippen LogP contribution < -0.4 is 33.7 Å². The number of carbonyl (C=O) groups excluding carboxylic acids is 1. The number of nitrogens with one attached hydrogen (secondary N) is 1. The van der Waals surface area contributed by atoms with E-state index in [0.29, 0.717) is 51.7 Å². The van der Waals surface area contributed by atoms with Crippen molar-refractivity contribution >= 4 is 11.6 Å². The number of methoxy groups -OCH3 is 2. The largest absolute Gasteiger partial charge is 0.497 e. The molecule has 3 heterocycles. The first-order valence-corrected chi connectivity index (χ1v) is 11.0. The number of hydrogen-bond acceptors (Lipinski definition) is 10. The summed E-state index contributed by atoms with van der Waals surface area (Å²) in [7, 11) is 3.16. The molecule has 0 atom stereocenters. The molecule has 0 unspecified atom stereocenters. The molecule has 1 N–H and O–H groups in total.